The van der Waals surface area contributed by atoms with Crippen LogP contribution in [0.2, 0.25) is 0 Å². The van der Waals surface area contributed by atoms with Crippen LogP contribution in [0.25, 0.3) is 0 Å². The van der Waals surface area contributed by atoms with E-state index in [0.717, 1.165) is 38.4 Å². The fourth-order valence-electron chi connectivity index (χ4n) is 2.73. The minimum Gasteiger partial charge on any atom is -0.394 e. The summed E-state index contributed by atoms with van der Waals surface area (Å²) in [7, 11) is 2.16. The summed E-state index contributed by atoms with van der Waals surface area (Å²) in [6, 6.07) is -0.295. The Kier molecular flexibility index (Phi) is 7.92. The van der Waals surface area contributed by atoms with E-state index < -0.39 is 0 Å². The maximum Gasteiger partial charge on any atom is 0.315 e. The molecule has 0 aromatic heterocycles. The molecule has 0 aromatic carbocycles. The first-order chi connectivity index (χ1) is 9.51. The van der Waals surface area contributed by atoms with Crippen LogP contribution in [-0.4, -0.2) is 55.4 Å². The molecule has 1 heterocycles. The van der Waals surface area contributed by atoms with Gasteiger partial charge in [-0.25, -0.2) is 4.79 Å². The molecule has 3 N–H and O–H groups in total. The highest BCUT2D eigenvalue weighted by Crippen LogP contribution is 2.18. The highest BCUT2D eigenvalue weighted by molar-refractivity contribution is 5.74. The summed E-state index contributed by atoms with van der Waals surface area (Å²) in [6.07, 6.45) is 4.31. The minimum absolute atomic E-state index is 0.000555. The molecule has 1 aliphatic heterocycles. The van der Waals surface area contributed by atoms with Gasteiger partial charge in [-0.3, -0.25) is 0 Å². The lowest BCUT2D eigenvalue weighted by Crippen LogP contribution is -2.45. The molecule has 1 saturated heterocycles. The first kappa shape index (κ1) is 17.2. The van der Waals surface area contributed by atoms with Crippen molar-refractivity contribution in [1.82, 2.24) is 15.5 Å². The second kappa shape index (κ2) is 9.19. The molecular weight excluding hydrogens is 254 g/mol. The molecule has 0 aliphatic carbocycles. The molecule has 0 aromatic rings. The summed E-state index contributed by atoms with van der Waals surface area (Å²) in [6.45, 7) is 7.22. The second-order valence-corrected chi connectivity index (χ2v) is 6.44. The van der Waals surface area contributed by atoms with Crippen molar-refractivity contribution < 1.29 is 9.90 Å². The molecule has 2 amide bonds. The van der Waals surface area contributed by atoms with Crippen molar-refractivity contribution in [2.24, 2.45) is 11.8 Å². The number of likely N-dealkylation sites (tertiary alicyclic amines) is 1. The second-order valence-electron chi connectivity index (χ2n) is 6.44. The molecule has 1 rings (SSSR count). The largest absolute Gasteiger partial charge is 0.394 e. The number of urea groups is 1. The number of hydrogen-bond acceptors (Lipinski definition) is 3. The SMILES string of the molecule is CC(C)CC(CO)NC(=O)NCCC1CCN(C)CC1. The van der Waals surface area contributed by atoms with Crippen LogP contribution in [0.5, 0.6) is 0 Å². The zero-order valence-electron chi connectivity index (χ0n) is 13.2. The number of hydrogen-bond donors (Lipinski definition) is 3. The van der Waals surface area contributed by atoms with Crippen molar-refractivity contribution in [3.63, 3.8) is 0 Å². The fourth-order valence-corrected chi connectivity index (χ4v) is 2.73. The number of aliphatic hydroxyl groups excluding tert-OH is 1. The summed E-state index contributed by atoms with van der Waals surface area (Å²) in [5, 5.41) is 15.0. The topological polar surface area (TPSA) is 64.6 Å². The number of aliphatic hydroxyl groups is 1. The molecule has 1 unspecified atom stereocenters. The van der Waals surface area contributed by atoms with E-state index in [0.29, 0.717) is 5.92 Å². The number of carbonyl (C=O) groups excluding carboxylic acids is 1. The van der Waals surface area contributed by atoms with Crippen LogP contribution in [0.15, 0.2) is 0 Å². The zero-order valence-corrected chi connectivity index (χ0v) is 13.2. The average molecular weight is 285 g/mol. The van der Waals surface area contributed by atoms with Crippen LogP contribution >= 0.6 is 0 Å². The summed E-state index contributed by atoms with van der Waals surface area (Å²) in [4.78, 5) is 14.1. The average Bonchev–Trinajstić information content (AvgIpc) is 2.39. The van der Waals surface area contributed by atoms with E-state index in [1.54, 1.807) is 0 Å². The molecule has 1 atom stereocenters. The lowest BCUT2D eigenvalue weighted by Gasteiger charge is -2.29. The van der Waals surface area contributed by atoms with E-state index in [1.807, 2.05) is 0 Å². The Morgan fingerprint density at radius 1 is 1.35 bits per heavy atom. The maximum atomic E-state index is 11.7. The maximum absolute atomic E-state index is 11.7. The number of nitrogens with zero attached hydrogens (tertiary/aromatic N) is 1. The predicted molar refractivity (Wildman–Crippen MR) is 81.7 cm³/mol. The van der Waals surface area contributed by atoms with E-state index in [-0.39, 0.29) is 18.7 Å². The molecule has 20 heavy (non-hydrogen) atoms. The Balaban J connectivity index is 2.13. The van der Waals surface area contributed by atoms with Gasteiger partial charge >= 0.3 is 6.03 Å². The van der Waals surface area contributed by atoms with Gasteiger partial charge in [-0.15, -0.1) is 0 Å². The highest BCUT2D eigenvalue weighted by Gasteiger charge is 2.17. The van der Waals surface area contributed by atoms with E-state index in [2.05, 4.69) is 36.4 Å². The number of carbonyl (C=O) groups is 1. The third-order valence-electron chi connectivity index (χ3n) is 3.99. The third kappa shape index (κ3) is 7.10. The molecule has 0 bridgehead atoms. The van der Waals surface area contributed by atoms with Crippen molar-refractivity contribution >= 4 is 6.03 Å². The Morgan fingerprint density at radius 3 is 2.55 bits per heavy atom. The van der Waals surface area contributed by atoms with Gasteiger partial charge in [-0.05, 0) is 57.7 Å². The van der Waals surface area contributed by atoms with Gasteiger partial charge < -0.3 is 20.6 Å². The summed E-state index contributed by atoms with van der Waals surface area (Å²) < 4.78 is 0. The van der Waals surface area contributed by atoms with Gasteiger partial charge in [0.25, 0.3) is 0 Å². The normalized spacial score (nSPS) is 19.1. The van der Waals surface area contributed by atoms with Crippen LogP contribution in [0, 0.1) is 11.8 Å². The smallest absolute Gasteiger partial charge is 0.315 e. The number of rotatable bonds is 7. The molecule has 5 nitrogen and oxygen atoms in total. The van der Waals surface area contributed by atoms with Crippen LogP contribution in [0.3, 0.4) is 0 Å². The minimum atomic E-state index is -0.155. The molecule has 0 spiro atoms. The zero-order chi connectivity index (χ0) is 15.0. The Morgan fingerprint density at radius 2 is 2.00 bits per heavy atom. The van der Waals surface area contributed by atoms with Crippen molar-refractivity contribution in [3.05, 3.63) is 0 Å². The van der Waals surface area contributed by atoms with Crippen LogP contribution in [-0.2, 0) is 0 Å². The first-order valence-corrected chi connectivity index (χ1v) is 7.85. The monoisotopic (exact) mass is 285 g/mol. The van der Waals surface area contributed by atoms with E-state index in [1.165, 1.54) is 12.8 Å². The highest BCUT2D eigenvalue weighted by atomic mass is 16.3. The van der Waals surface area contributed by atoms with Crippen molar-refractivity contribution in [1.29, 1.82) is 0 Å². The lowest BCUT2D eigenvalue weighted by molar-refractivity contribution is 0.201. The first-order valence-electron chi connectivity index (χ1n) is 7.85. The quantitative estimate of drug-likeness (QED) is 0.663. The van der Waals surface area contributed by atoms with E-state index in [4.69, 9.17) is 0 Å². The summed E-state index contributed by atoms with van der Waals surface area (Å²) in [5.41, 5.74) is 0. The van der Waals surface area contributed by atoms with Crippen molar-refractivity contribution in [2.75, 3.05) is 33.3 Å². The predicted octanol–water partition coefficient (Wildman–Crippen LogP) is 1.42. The van der Waals surface area contributed by atoms with Gasteiger partial charge in [0.15, 0.2) is 0 Å². The van der Waals surface area contributed by atoms with E-state index >= 15 is 0 Å². The lowest BCUT2D eigenvalue weighted by atomic mass is 9.94. The number of piperidine rings is 1. The van der Waals surface area contributed by atoms with Crippen LogP contribution in [0.1, 0.15) is 39.5 Å². The molecule has 0 saturated carbocycles. The van der Waals surface area contributed by atoms with Gasteiger partial charge in [0, 0.05) is 6.54 Å². The third-order valence-corrected chi connectivity index (χ3v) is 3.99. The van der Waals surface area contributed by atoms with Gasteiger partial charge in [-0.2, -0.15) is 0 Å². The summed E-state index contributed by atoms with van der Waals surface area (Å²) >= 11 is 0. The van der Waals surface area contributed by atoms with Crippen LogP contribution < -0.4 is 10.6 Å². The van der Waals surface area contributed by atoms with Crippen molar-refractivity contribution in [3.8, 4) is 0 Å². The van der Waals surface area contributed by atoms with Crippen LogP contribution in [0.4, 0.5) is 4.79 Å². The number of amides is 2. The fraction of sp³-hybridized carbons (Fsp3) is 0.933. The Bertz CT molecular complexity index is 276. The molecule has 0 radical (unpaired) electrons. The molecule has 5 heteroatoms. The molecule has 1 aliphatic rings. The summed E-state index contributed by atoms with van der Waals surface area (Å²) in [5.74, 6) is 1.20. The van der Waals surface area contributed by atoms with E-state index in [9.17, 15) is 9.90 Å². The van der Waals surface area contributed by atoms with Gasteiger partial charge in [0.2, 0.25) is 0 Å². The van der Waals surface area contributed by atoms with Gasteiger partial charge in [0.1, 0.15) is 0 Å². The Labute approximate surface area is 123 Å². The number of nitrogens with one attached hydrogen (secondary N) is 2. The standard InChI is InChI=1S/C15H31N3O2/c1-12(2)10-14(11-19)17-15(20)16-7-4-13-5-8-18(3)9-6-13/h12-14,19H,4-11H2,1-3H3,(H2,16,17,20). The van der Waals surface area contributed by atoms with Crippen molar-refractivity contribution in [2.45, 2.75) is 45.6 Å². The Hall–Kier alpha value is -0.810. The van der Waals surface area contributed by atoms with Gasteiger partial charge in [-0.1, -0.05) is 13.8 Å². The molecular formula is C15H31N3O2. The molecule has 1 fully saturated rings. The molecule has 118 valence electrons. The van der Waals surface area contributed by atoms with Gasteiger partial charge in [0.05, 0.1) is 12.6 Å².